The summed E-state index contributed by atoms with van der Waals surface area (Å²) in [7, 11) is 0. The maximum absolute atomic E-state index is 12.4. The van der Waals surface area contributed by atoms with Gasteiger partial charge in [-0.05, 0) is 30.7 Å². The number of nitrogens with two attached hydrogens (primary N) is 1. The lowest BCUT2D eigenvalue weighted by molar-refractivity contribution is -0.127. The van der Waals surface area contributed by atoms with E-state index in [1.165, 1.54) is 6.08 Å². The van der Waals surface area contributed by atoms with Crippen molar-refractivity contribution >= 4 is 17.9 Å². The molecule has 120 valence electrons. The Morgan fingerprint density at radius 2 is 1.91 bits per heavy atom. The van der Waals surface area contributed by atoms with Gasteiger partial charge >= 0.3 is 0 Å². The summed E-state index contributed by atoms with van der Waals surface area (Å²) in [6.45, 7) is 2.55. The molecule has 1 heterocycles. The van der Waals surface area contributed by atoms with Gasteiger partial charge in [0.05, 0.1) is 0 Å². The average Bonchev–Trinajstić information content (AvgIpc) is 2.95. The highest BCUT2D eigenvalue weighted by Gasteiger charge is 2.12. The number of hydrogen-bond donors (Lipinski definition) is 1. The zero-order valence-corrected chi connectivity index (χ0v) is 13.1. The van der Waals surface area contributed by atoms with Gasteiger partial charge in [0.2, 0.25) is 11.8 Å². The molecular weight excluding hydrogens is 292 g/mol. The van der Waals surface area contributed by atoms with Crippen molar-refractivity contribution in [3.63, 3.8) is 0 Å². The van der Waals surface area contributed by atoms with Crippen molar-refractivity contribution in [2.24, 2.45) is 5.73 Å². The quantitative estimate of drug-likeness (QED) is 0.798. The van der Waals surface area contributed by atoms with Crippen LogP contribution >= 0.6 is 0 Å². The fraction of sp³-hybridized carbons (Fsp3) is 0.222. The van der Waals surface area contributed by atoms with E-state index in [1.807, 2.05) is 43.3 Å². The lowest BCUT2D eigenvalue weighted by Gasteiger charge is -2.20. The summed E-state index contributed by atoms with van der Waals surface area (Å²) in [6.07, 6.45) is 3.20. The second-order valence-corrected chi connectivity index (χ2v) is 5.24. The number of benzene rings is 1. The molecule has 0 aliphatic carbocycles. The minimum Gasteiger partial charge on any atom is -0.462 e. The van der Waals surface area contributed by atoms with Gasteiger partial charge in [-0.1, -0.05) is 30.3 Å². The number of furan rings is 1. The molecule has 0 saturated carbocycles. The van der Waals surface area contributed by atoms with Gasteiger partial charge < -0.3 is 15.1 Å². The van der Waals surface area contributed by atoms with Gasteiger partial charge in [-0.25, -0.2) is 0 Å². The van der Waals surface area contributed by atoms with E-state index in [4.69, 9.17) is 10.2 Å². The highest BCUT2D eigenvalue weighted by atomic mass is 16.3. The number of carbonyl (C=O) groups excluding carboxylic acids is 2. The van der Waals surface area contributed by atoms with Crippen LogP contribution in [0.25, 0.3) is 6.08 Å². The first-order chi connectivity index (χ1) is 11.0. The van der Waals surface area contributed by atoms with Crippen molar-refractivity contribution < 1.29 is 14.0 Å². The fourth-order valence-electron chi connectivity index (χ4n) is 2.12. The van der Waals surface area contributed by atoms with Crippen molar-refractivity contribution in [3.8, 4) is 0 Å². The number of nitrogens with zero attached hydrogens (tertiary/aromatic N) is 1. The SMILES string of the molecule is Cc1ccc(/C=C\C(=O)N(CCC(N)=O)Cc2ccccc2)o1. The fourth-order valence-corrected chi connectivity index (χ4v) is 2.12. The van der Waals surface area contributed by atoms with Crippen molar-refractivity contribution in [1.82, 2.24) is 4.90 Å². The van der Waals surface area contributed by atoms with E-state index < -0.39 is 5.91 Å². The Morgan fingerprint density at radius 3 is 2.52 bits per heavy atom. The summed E-state index contributed by atoms with van der Waals surface area (Å²) >= 11 is 0. The van der Waals surface area contributed by atoms with Gasteiger partial charge in [0.15, 0.2) is 0 Å². The molecule has 0 saturated heterocycles. The Hall–Kier alpha value is -2.82. The van der Waals surface area contributed by atoms with Crippen LogP contribution in [-0.2, 0) is 16.1 Å². The minimum absolute atomic E-state index is 0.131. The number of carbonyl (C=O) groups is 2. The van der Waals surface area contributed by atoms with E-state index in [-0.39, 0.29) is 18.9 Å². The monoisotopic (exact) mass is 312 g/mol. The van der Waals surface area contributed by atoms with Crippen LogP contribution in [0.2, 0.25) is 0 Å². The molecule has 0 radical (unpaired) electrons. The van der Waals surface area contributed by atoms with Crippen molar-refractivity contribution in [3.05, 3.63) is 65.6 Å². The van der Waals surface area contributed by atoms with E-state index in [0.29, 0.717) is 12.3 Å². The second-order valence-electron chi connectivity index (χ2n) is 5.24. The Labute approximate surface area is 135 Å². The largest absolute Gasteiger partial charge is 0.462 e. The predicted octanol–water partition coefficient (Wildman–Crippen LogP) is 2.51. The van der Waals surface area contributed by atoms with Crippen molar-refractivity contribution in [2.75, 3.05) is 6.54 Å². The third-order valence-electron chi connectivity index (χ3n) is 3.31. The lowest BCUT2D eigenvalue weighted by Crippen LogP contribution is -2.32. The van der Waals surface area contributed by atoms with E-state index in [9.17, 15) is 9.59 Å². The molecule has 0 fully saturated rings. The zero-order valence-electron chi connectivity index (χ0n) is 13.1. The molecule has 5 nitrogen and oxygen atoms in total. The van der Waals surface area contributed by atoms with E-state index in [0.717, 1.165) is 11.3 Å². The second kappa shape index (κ2) is 7.98. The topological polar surface area (TPSA) is 76.5 Å². The zero-order chi connectivity index (χ0) is 16.7. The average molecular weight is 312 g/mol. The van der Waals surface area contributed by atoms with E-state index in [1.54, 1.807) is 17.0 Å². The Morgan fingerprint density at radius 1 is 1.17 bits per heavy atom. The number of rotatable bonds is 7. The van der Waals surface area contributed by atoms with Gasteiger partial charge in [0, 0.05) is 25.6 Å². The third kappa shape index (κ3) is 5.47. The summed E-state index contributed by atoms with van der Waals surface area (Å²) < 4.78 is 5.40. The first kappa shape index (κ1) is 16.5. The molecule has 2 rings (SSSR count). The molecule has 0 bridgehead atoms. The van der Waals surface area contributed by atoms with E-state index in [2.05, 4.69) is 0 Å². The number of amides is 2. The van der Waals surface area contributed by atoms with Gasteiger partial charge in [0.1, 0.15) is 11.5 Å². The van der Waals surface area contributed by atoms with E-state index >= 15 is 0 Å². The molecular formula is C18H20N2O3. The highest BCUT2D eigenvalue weighted by Crippen LogP contribution is 2.10. The minimum atomic E-state index is -0.429. The summed E-state index contributed by atoms with van der Waals surface area (Å²) in [5.41, 5.74) is 6.19. The smallest absolute Gasteiger partial charge is 0.247 e. The molecule has 0 spiro atoms. The first-order valence-electron chi connectivity index (χ1n) is 7.40. The van der Waals surface area contributed by atoms with Gasteiger partial charge in [0.25, 0.3) is 0 Å². The Balaban J connectivity index is 2.06. The van der Waals surface area contributed by atoms with Crippen LogP contribution < -0.4 is 5.73 Å². The third-order valence-corrected chi connectivity index (χ3v) is 3.31. The van der Waals surface area contributed by atoms with Gasteiger partial charge in [-0.3, -0.25) is 9.59 Å². The van der Waals surface area contributed by atoms with Crippen LogP contribution in [0.5, 0.6) is 0 Å². The Bertz CT molecular complexity index is 689. The maximum atomic E-state index is 12.4. The summed E-state index contributed by atoms with van der Waals surface area (Å²) in [4.78, 5) is 25.0. The molecule has 1 aromatic heterocycles. The summed E-state index contributed by atoms with van der Waals surface area (Å²) in [5.74, 6) is 0.781. The molecule has 2 amide bonds. The lowest BCUT2D eigenvalue weighted by atomic mass is 10.2. The molecule has 0 atom stereocenters. The van der Waals surface area contributed by atoms with Crippen LogP contribution in [0.1, 0.15) is 23.5 Å². The molecule has 2 N–H and O–H groups in total. The van der Waals surface area contributed by atoms with Gasteiger partial charge in [-0.15, -0.1) is 0 Å². The standard InChI is InChI=1S/C18H20N2O3/c1-14-7-8-16(23-14)9-10-18(22)20(12-11-17(19)21)13-15-5-3-2-4-6-15/h2-10H,11-13H2,1H3,(H2,19,21)/b10-9-. The molecule has 1 aromatic carbocycles. The van der Waals surface area contributed by atoms with Crippen LogP contribution in [0.15, 0.2) is 53.0 Å². The molecule has 23 heavy (non-hydrogen) atoms. The Kier molecular flexibility index (Phi) is 5.74. The van der Waals surface area contributed by atoms with Crippen LogP contribution in [0.3, 0.4) is 0 Å². The van der Waals surface area contributed by atoms with Crippen LogP contribution in [0, 0.1) is 6.92 Å². The highest BCUT2D eigenvalue weighted by molar-refractivity contribution is 5.91. The van der Waals surface area contributed by atoms with Crippen LogP contribution in [-0.4, -0.2) is 23.3 Å². The predicted molar refractivity (Wildman–Crippen MR) is 88.1 cm³/mol. The molecule has 0 aliphatic rings. The molecule has 2 aromatic rings. The maximum Gasteiger partial charge on any atom is 0.247 e. The van der Waals surface area contributed by atoms with Gasteiger partial charge in [-0.2, -0.15) is 0 Å². The summed E-state index contributed by atoms with van der Waals surface area (Å²) in [5, 5.41) is 0. The number of primary amides is 1. The van der Waals surface area contributed by atoms with Crippen molar-refractivity contribution in [1.29, 1.82) is 0 Å². The van der Waals surface area contributed by atoms with Crippen LogP contribution in [0.4, 0.5) is 0 Å². The molecule has 0 unspecified atom stereocenters. The number of aryl methyl sites for hydroxylation is 1. The summed E-state index contributed by atoms with van der Waals surface area (Å²) in [6, 6.07) is 13.2. The molecule has 0 aliphatic heterocycles. The first-order valence-corrected chi connectivity index (χ1v) is 7.40. The van der Waals surface area contributed by atoms with Crippen molar-refractivity contribution in [2.45, 2.75) is 19.9 Å². The molecule has 5 heteroatoms. The normalized spacial score (nSPS) is 10.8. The number of hydrogen-bond acceptors (Lipinski definition) is 3.